The maximum atomic E-state index is 14.6. The van der Waals surface area contributed by atoms with Gasteiger partial charge in [-0.15, -0.1) is 0 Å². The van der Waals surface area contributed by atoms with Crippen LogP contribution in [-0.4, -0.2) is 26.8 Å². The number of amides is 1. The number of benzene rings is 1. The van der Waals surface area contributed by atoms with E-state index in [2.05, 4.69) is 15.3 Å². The minimum atomic E-state index is -0.981. The average Bonchev–Trinajstić information content (AvgIpc) is 2.74. The van der Waals surface area contributed by atoms with E-state index in [4.69, 9.17) is 4.74 Å². The van der Waals surface area contributed by atoms with Gasteiger partial charge >= 0.3 is 6.09 Å². The lowest BCUT2D eigenvalue weighted by Crippen LogP contribution is -2.38. The molecule has 1 aliphatic rings. The van der Waals surface area contributed by atoms with Gasteiger partial charge in [0.25, 0.3) is 0 Å². The van der Waals surface area contributed by atoms with Gasteiger partial charge in [-0.25, -0.2) is 13.6 Å². The Hall–Kier alpha value is -2.61. The van der Waals surface area contributed by atoms with E-state index in [-0.39, 0.29) is 12.0 Å². The van der Waals surface area contributed by atoms with Gasteiger partial charge in [0.05, 0.1) is 23.5 Å². The van der Waals surface area contributed by atoms with Gasteiger partial charge < -0.3 is 15.2 Å². The molecule has 0 spiro atoms. The highest BCUT2D eigenvalue weighted by atomic mass is 19.2. The first kappa shape index (κ1) is 20.1. The third-order valence-corrected chi connectivity index (χ3v) is 4.57. The van der Waals surface area contributed by atoms with Crippen LogP contribution in [0.1, 0.15) is 68.6 Å². The van der Waals surface area contributed by atoms with Crippen LogP contribution in [0.2, 0.25) is 0 Å². The summed E-state index contributed by atoms with van der Waals surface area (Å²) in [5.41, 5.74) is -0.0132. The largest absolute Gasteiger partial charge is 0.444 e. The van der Waals surface area contributed by atoms with Crippen molar-refractivity contribution in [2.24, 2.45) is 0 Å². The normalized spacial score (nSPS) is 22.1. The van der Waals surface area contributed by atoms with Crippen LogP contribution in [0.4, 0.5) is 13.6 Å². The summed E-state index contributed by atoms with van der Waals surface area (Å²) in [4.78, 5) is 20.9. The van der Waals surface area contributed by atoms with Gasteiger partial charge in [0.2, 0.25) is 0 Å². The van der Waals surface area contributed by atoms with Crippen LogP contribution in [0.15, 0.2) is 30.6 Å². The molecular weight excluding hydrogens is 368 g/mol. The highest BCUT2D eigenvalue weighted by molar-refractivity contribution is 5.68. The molecule has 1 aromatic carbocycles. The maximum absolute atomic E-state index is 14.6. The van der Waals surface area contributed by atoms with Crippen LogP contribution < -0.4 is 5.32 Å². The number of nitrogens with zero attached hydrogens (tertiary/aromatic N) is 2. The summed E-state index contributed by atoms with van der Waals surface area (Å²) in [5.74, 6) is -2.61. The summed E-state index contributed by atoms with van der Waals surface area (Å²) in [6.45, 7) is 5.17. The second-order valence-electron chi connectivity index (χ2n) is 7.79. The Balaban J connectivity index is 2.06. The molecule has 0 bridgehead atoms. The van der Waals surface area contributed by atoms with E-state index >= 15 is 0 Å². The predicted molar refractivity (Wildman–Crippen MR) is 97.4 cm³/mol. The molecule has 0 saturated carbocycles. The summed E-state index contributed by atoms with van der Waals surface area (Å²) < 4.78 is 33.7. The first-order valence-corrected chi connectivity index (χ1v) is 9.09. The third kappa shape index (κ3) is 4.27. The Kier molecular flexibility index (Phi) is 5.60. The first-order valence-electron chi connectivity index (χ1n) is 9.09. The molecule has 1 aromatic heterocycles. The molecule has 2 aromatic rings. The summed E-state index contributed by atoms with van der Waals surface area (Å²) in [6, 6.07) is 3.08. The van der Waals surface area contributed by atoms with Crippen molar-refractivity contribution in [3.8, 4) is 0 Å². The molecule has 1 amide bonds. The fourth-order valence-corrected chi connectivity index (χ4v) is 3.43. The topological polar surface area (TPSA) is 84.3 Å². The smallest absolute Gasteiger partial charge is 0.408 e. The van der Waals surface area contributed by atoms with Crippen molar-refractivity contribution in [3.63, 3.8) is 0 Å². The number of nitrogens with one attached hydrogen (secondary N) is 1. The van der Waals surface area contributed by atoms with Gasteiger partial charge in [-0.05, 0) is 45.2 Å². The Morgan fingerprint density at radius 2 is 1.86 bits per heavy atom. The third-order valence-electron chi connectivity index (χ3n) is 4.57. The molecule has 2 N–H and O–H groups in total. The highest BCUT2D eigenvalue weighted by Gasteiger charge is 2.37. The SMILES string of the molecule is CC(C)(C)OC(=O)N[C@@H]1c2nccnc2[C@H](O)CC[C@H]1c1cccc(F)c1F. The van der Waals surface area contributed by atoms with E-state index in [0.717, 1.165) is 6.07 Å². The molecule has 0 aliphatic heterocycles. The van der Waals surface area contributed by atoms with Crippen LogP contribution in [0.3, 0.4) is 0 Å². The molecule has 1 aliphatic carbocycles. The minimum Gasteiger partial charge on any atom is -0.444 e. The Bertz CT molecular complexity index is 870. The number of aromatic nitrogens is 2. The van der Waals surface area contributed by atoms with Crippen molar-refractivity contribution in [1.82, 2.24) is 15.3 Å². The number of ether oxygens (including phenoxy) is 1. The number of alkyl carbamates (subject to hydrolysis) is 1. The molecule has 28 heavy (non-hydrogen) atoms. The standard InChI is InChI=1S/C20H23F2N3O3/c1-20(2,3)28-19(27)25-16-12(11-5-4-6-13(21)15(11)22)7-8-14(26)17-18(16)24-10-9-23-17/h4-6,9-10,12,14,16,26H,7-8H2,1-3H3,(H,25,27)/t12-,14+,16-/m0/s1. The lowest BCUT2D eigenvalue weighted by molar-refractivity contribution is 0.0493. The number of hydrogen-bond acceptors (Lipinski definition) is 5. The number of halogens is 2. The highest BCUT2D eigenvalue weighted by Crippen LogP contribution is 2.42. The number of aliphatic hydroxyl groups excluding tert-OH is 1. The van der Waals surface area contributed by atoms with Gasteiger partial charge in [-0.3, -0.25) is 9.97 Å². The van der Waals surface area contributed by atoms with Crippen molar-refractivity contribution in [2.75, 3.05) is 0 Å². The van der Waals surface area contributed by atoms with Crippen molar-refractivity contribution in [2.45, 2.75) is 57.3 Å². The van der Waals surface area contributed by atoms with Gasteiger partial charge in [0.15, 0.2) is 11.6 Å². The summed E-state index contributed by atoms with van der Waals surface area (Å²) >= 11 is 0. The van der Waals surface area contributed by atoms with Crippen LogP contribution in [-0.2, 0) is 4.74 Å². The average molecular weight is 391 g/mol. The van der Waals surface area contributed by atoms with Crippen molar-refractivity contribution < 1.29 is 23.4 Å². The number of aliphatic hydroxyl groups is 1. The molecule has 0 radical (unpaired) electrons. The number of carbonyl (C=O) groups excluding carboxylic acids is 1. The lowest BCUT2D eigenvalue weighted by atomic mass is 9.86. The summed E-state index contributed by atoms with van der Waals surface area (Å²) in [6.07, 6.45) is 1.79. The number of fused-ring (bicyclic) bond motifs is 1. The van der Waals surface area contributed by atoms with E-state index in [1.807, 2.05) is 0 Å². The zero-order chi connectivity index (χ0) is 20.5. The molecule has 0 unspecified atom stereocenters. The molecular formula is C20H23F2N3O3. The Labute approximate surface area is 162 Å². The molecule has 3 atom stereocenters. The van der Waals surface area contributed by atoms with Gasteiger partial charge in [0, 0.05) is 18.3 Å². The van der Waals surface area contributed by atoms with Gasteiger partial charge in [0.1, 0.15) is 5.60 Å². The van der Waals surface area contributed by atoms with Crippen molar-refractivity contribution >= 4 is 6.09 Å². The zero-order valence-electron chi connectivity index (χ0n) is 15.9. The molecule has 0 saturated heterocycles. The molecule has 6 nitrogen and oxygen atoms in total. The van der Waals surface area contributed by atoms with Crippen LogP contribution in [0, 0.1) is 11.6 Å². The summed E-state index contributed by atoms with van der Waals surface area (Å²) in [7, 11) is 0. The fourth-order valence-electron chi connectivity index (χ4n) is 3.43. The molecule has 150 valence electrons. The first-order chi connectivity index (χ1) is 13.2. The number of rotatable bonds is 2. The van der Waals surface area contributed by atoms with Gasteiger partial charge in [-0.1, -0.05) is 12.1 Å². The Morgan fingerprint density at radius 3 is 2.54 bits per heavy atom. The van der Waals surface area contributed by atoms with E-state index in [1.165, 1.54) is 24.5 Å². The van der Waals surface area contributed by atoms with E-state index in [1.54, 1.807) is 20.8 Å². The fraction of sp³-hybridized carbons (Fsp3) is 0.450. The minimum absolute atomic E-state index is 0.103. The van der Waals surface area contributed by atoms with Crippen LogP contribution in [0.5, 0.6) is 0 Å². The summed E-state index contributed by atoms with van der Waals surface area (Å²) in [5, 5.41) is 13.2. The van der Waals surface area contributed by atoms with E-state index in [0.29, 0.717) is 17.8 Å². The zero-order valence-corrected chi connectivity index (χ0v) is 15.9. The van der Waals surface area contributed by atoms with Crippen LogP contribution >= 0.6 is 0 Å². The van der Waals surface area contributed by atoms with E-state index in [9.17, 15) is 18.7 Å². The van der Waals surface area contributed by atoms with E-state index < -0.39 is 41.4 Å². The van der Waals surface area contributed by atoms with Crippen LogP contribution in [0.25, 0.3) is 0 Å². The molecule has 0 fully saturated rings. The van der Waals surface area contributed by atoms with Crippen molar-refractivity contribution in [1.29, 1.82) is 0 Å². The molecule has 3 rings (SSSR count). The van der Waals surface area contributed by atoms with Gasteiger partial charge in [-0.2, -0.15) is 0 Å². The second-order valence-corrected chi connectivity index (χ2v) is 7.79. The lowest BCUT2D eigenvalue weighted by Gasteiger charge is -2.28. The Morgan fingerprint density at radius 1 is 1.18 bits per heavy atom. The number of hydrogen-bond donors (Lipinski definition) is 2. The maximum Gasteiger partial charge on any atom is 0.408 e. The predicted octanol–water partition coefficient (Wildman–Crippen LogP) is 3.93. The number of carbonyl (C=O) groups is 1. The monoisotopic (exact) mass is 391 g/mol. The quantitative estimate of drug-likeness (QED) is 0.758. The second kappa shape index (κ2) is 7.79. The molecule has 1 heterocycles. The molecule has 8 heteroatoms. The van der Waals surface area contributed by atoms with Crippen molar-refractivity contribution in [3.05, 3.63) is 59.2 Å².